The summed E-state index contributed by atoms with van der Waals surface area (Å²) >= 11 is 0. The van der Waals surface area contributed by atoms with Gasteiger partial charge in [-0.05, 0) is 20.5 Å². The Labute approximate surface area is 85.3 Å². The molecular formula is C10H19N3O. The van der Waals surface area contributed by atoms with E-state index < -0.39 is 0 Å². The molecule has 1 unspecified atom stereocenters. The van der Waals surface area contributed by atoms with Crippen molar-refractivity contribution in [3.8, 4) is 0 Å². The summed E-state index contributed by atoms with van der Waals surface area (Å²) in [6, 6.07) is 2.35. The van der Waals surface area contributed by atoms with Crippen molar-refractivity contribution >= 4 is 0 Å². The minimum absolute atomic E-state index is 0.469. The zero-order chi connectivity index (χ0) is 10.4. The number of nitrogens with zero attached hydrogens (tertiary/aromatic N) is 2. The van der Waals surface area contributed by atoms with Crippen molar-refractivity contribution in [1.82, 2.24) is 15.4 Å². The normalized spacial score (nSPS) is 13.4. The van der Waals surface area contributed by atoms with Crippen LogP contribution in [0, 0.1) is 0 Å². The summed E-state index contributed by atoms with van der Waals surface area (Å²) in [5, 5.41) is 7.22. The van der Waals surface area contributed by atoms with Crippen LogP contribution in [0.3, 0.4) is 0 Å². The molecule has 1 rings (SSSR count). The molecule has 80 valence electrons. The summed E-state index contributed by atoms with van der Waals surface area (Å²) in [7, 11) is 2.12. The summed E-state index contributed by atoms with van der Waals surface area (Å²) in [6.07, 6.45) is 1.60. The highest BCUT2D eigenvalue weighted by molar-refractivity contribution is 4.94. The highest BCUT2D eigenvalue weighted by Crippen LogP contribution is 1.95. The minimum atomic E-state index is 0.469. The van der Waals surface area contributed by atoms with Gasteiger partial charge in [0.15, 0.2) is 0 Å². The molecule has 0 aromatic carbocycles. The van der Waals surface area contributed by atoms with Crippen molar-refractivity contribution in [3.63, 3.8) is 0 Å². The largest absolute Gasteiger partial charge is 0.364 e. The number of hydrogen-bond donors (Lipinski definition) is 1. The molecule has 1 heterocycles. The molecule has 0 radical (unpaired) electrons. The molecule has 1 N–H and O–H groups in total. The molecule has 4 nitrogen and oxygen atoms in total. The van der Waals surface area contributed by atoms with Crippen molar-refractivity contribution in [1.29, 1.82) is 0 Å². The van der Waals surface area contributed by atoms with Gasteiger partial charge in [0.2, 0.25) is 0 Å². The minimum Gasteiger partial charge on any atom is -0.364 e. The maximum Gasteiger partial charge on any atom is 0.124 e. The number of rotatable bonds is 6. The highest BCUT2D eigenvalue weighted by Gasteiger charge is 2.04. The quantitative estimate of drug-likeness (QED) is 0.741. The molecule has 0 amide bonds. The van der Waals surface area contributed by atoms with Gasteiger partial charge in [0, 0.05) is 25.2 Å². The molecule has 1 aromatic heterocycles. The lowest BCUT2D eigenvalue weighted by Gasteiger charge is -2.20. The summed E-state index contributed by atoms with van der Waals surface area (Å²) in [5.74, 6) is 0. The first kappa shape index (κ1) is 11.2. The van der Waals surface area contributed by atoms with Gasteiger partial charge >= 0.3 is 0 Å². The zero-order valence-corrected chi connectivity index (χ0v) is 9.16. The van der Waals surface area contributed by atoms with Gasteiger partial charge in [-0.3, -0.25) is 0 Å². The van der Waals surface area contributed by atoms with Crippen molar-refractivity contribution in [2.24, 2.45) is 0 Å². The van der Waals surface area contributed by atoms with Crippen molar-refractivity contribution in [3.05, 3.63) is 18.0 Å². The van der Waals surface area contributed by atoms with Crippen LogP contribution in [0.25, 0.3) is 0 Å². The fourth-order valence-electron chi connectivity index (χ4n) is 1.27. The molecule has 0 spiro atoms. The Hall–Kier alpha value is -0.870. The van der Waals surface area contributed by atoms with Crippen LogP contribution in [-0.4, -0.2) is 36.2 Å². The van der Waals surface area contributed by atoms with E-state index in [0.717, 1.165) is 25.3 Å². The van der Waals surface area contributed by atoms with Crippen LogP contribution >= 0.6 is 0 Å². The van der Waals surface area contributed by atoms with E-state index >= 15 is 0 Å². The van der Waals surface area contributed by atoms with Gasteiger partial charge in [0.1, 0.15) is 6.26 Å². The standard InChI is InChI=1S/C10H19N3O/c1-4-13(3)8-9(2)11-7-10-5-6-14-12-10/h5-6,9,11H,4,7-8H2,1-3H3. The molecule has 0 saturated heterocycles. The molecular weight excluding hydrogens is 178 g/mol. The van der Waals surface area contributed by atoms with Gasteiger partial charge in [-0.15, -0.1) is 0 Å². The van der Waals surface area contributed by atoms with Crippen molar-refractivity contribution in [2.45, 2.75) is 26.4 Å². The molecule has 0 aliphatic carbocycles. The lowest BCUT2D eigenvalue weighted by Crippen LogP contribution is -2.36. The second kappa shape index (κ2) is 5.78. The van der Waals surface area contributed by atoms with E-state index in [2.05, 4.69) is 36.3 Å². The first-order chi connectivity index (χ1) is 6.72. The summed E-state index contributed by atoms with van der Waals surface area (Å²) < 4.78 is 4.75. The van der Waals surface area contributed by atoms with E-state index in [9.17, 15) is 0 Å². The van der Waals surface area contributed by atoms with E-state index in [1.54, 1.807) is 6.26 Å². The van der Waals surface area contributed by atoms with E-state index in [1.807, 2.05) is 6.07 Å². The predicted molar refractivity (Wildman–Crippen MR) is 56.0 cm³/mol. The maximum absolute atomic E-state index is 4.75. The van der Waals surface area contributed by atoms with Crippen LogP contribution < -0.4 is 5.32 Å². The number of nitrogens with one attached hydrogen (secondary N) is 1. The fraction of sp³-hybridized carbons (Fsp3) is 0.700. The van der Waals surface area contributed by atoms with Crippen LogP contribution in [0.15, 0.2) is 16.9 Å². The van der Waals surface area contributed by atoms with Crippen molar-refractivity contribution < 1.29 is 4.52 Å². The third-order valence-electron chi connectivity index (χ3n) is 2.25. The van der Waals surface area contributed by atoms with Crippen molar-refractivity contribution in [2.75, 3.05) is 20.1 Å². The molecule has 0 bridgehead atoms. The summed E-state index contributed by atoms with van der Waals surface area (Å²) in [4.78, 5) is 2.28. The maximum atomic E-state index is 4.75. The summed E-state index contributed by atoms with van der Waals surface area (Å²) in [6.45, 7) is 7.23. The van der Waals surface area contributed by atoms with Gasteiger partial charge in [0.25, 0.3) is 0 Å². The van der Waals surface area contributed by atoms with Gasteiger partial charge in [-0.25, -0.2) is 0 Å². The second-order valence-corrected chi connectivity index (χ2v) is 3.63. The molecule has 0 fully saturated rings. The monoisotopic (exact) mass is 197 g/mol. The van der Waals surface area contributed by atoms with Gasteiger partial charge in [-0.2, -0.15) is 0 Å². The Morgan fingerprint density at radius 1 is 1.64 bits per heavy atom. The predicted octanol–water partition coefficient (Wildman–Crippen LogP) is 1.10. The Balaban J connectivity index is 2.18. The lowest BCUT2D eigenvalue weighted by molar-refractivity contribution is 0.307. The topological polar surface area (TPSA) is 41.3 Å². The van der Waals surface area contributed by atoms with E-state index in [-0.39, 0.29) is 0 Å². The Bertz CT molecular complexity index is 236. The fourth-order valence-corrected chi connectivity index (χ4v) is 1.27. The van der Waals surface area contributed by atoms with Crippen LogP contribution in [0.4, 0.5) is 0 Å². The molecule has 1 atom stereocenters. The van der Waals surface area contributed by atoms with Crippen LogP contribution in [0.2, 0.25) is 0 Å². The number of aromatic nitrogens is 1. The van der Waals surface area contributed by atoms with E-state index in [0.29, 0.717) is 6.04 Å². The average Bonchev–Trinajstić information content (AvgIpc) is 2.67. The molecule has 1 aromatic rings. The summed E-state index contributed by atoms with van der Waals surface area (Å²) in [5.41, 5.74) is 0.955. The average molecular weight is 197 g/mol. The molecule has 4 heteroatoms. The molecule has 0 aliphatic rings. The van der Waals surface area contributed by atoms with E-state index in [1.165, 1.54) is 0 Å². The smallest absolute Gasteiger partial charge is 0.124 e. The van der Waals surface area contributed by atoms with Crippen LogP contribution in [-0.2, 0) is 6.54 Å². The first-order valence-corrected chi connectivity index (χ1v) is 5.03. The Kier molecular flexibility index (Phi) is 4.62. The second-order valence-electron chi connectivity index (χ2n) is 3.63. The van der Waals surface area contributed by atoms with E-state index in [4.69, 9.17) is 4.52 Å². The Morgan fingerprint density at radius 2 is 2.43 bits per heavy atom. The molecule has 0 saturated carbocycles. The number of likely N-dealkylation sites (N-methyl/N-ethyl adjacent to an activating group) is 1. The zero-order valence-electron chi connectivity index (χ0n) is 9.16. The molecule has 0 aliphatic heterocycles. The SMILES string of the molecule is CCN(C)CC(C)NCc1ccon1. The number of hydrogen-bond acceptors (Lipinski definition) is 4. The van der Waals surface area contributed by atoms with Crippen LogP contribution in [0.5, 0.6) is 0 Å². The van der Waals surface area contributed by atoms with Gasteiger partial charge in [-0.1, -0.05) is 12.1 Å². The third-order valence-corrected chi connectivity index (χ3v) is 2.25. The first-order valence-electron chi connectivity index (χ1n) is 5.03. The van der Waals surface area contributed by atoms with Crippen LogP contribution in [0.1, 0.15) is 19.5 Å². The molecule has 14 heavy (non-hydrogen) atoms. The Morgan fingerprint density at radius 3 is 3.00 bits per heavy atom. The van der Waals surface area contributed by atoms with Gasteiger partial charge < -0.3 is 14.7 Å². The highest BCUT2D eigenvalue weighted by atomic mass is 16.5. The van der Waals surface area contributed by atoms with Gasteiger partial charge in [0.05, 0.1) is 5.69 Å². The lowest BCUT2D eigenvalue weighted by atomic mass is 10.3. The third kappa shape index (κ3) is 3.89.